The van der Waals surface area contributed by atoms with Gasteiger partial charge in [0.2, 0.25) is 0 Å². The first-order valence-electron chi connectivity index (χ1n) is 9.59. The van der Waals surface area contributed by atoms with Crippen LogP contribution in [0.1, 0.15) is 33.6 Å². The van der Waals surface area contributed by atoms with Gasteiger partial charge in [0.05, 0.1) is 0 Å². The minimum atomic E-state index is -0.800. The highest BCUT2D eigenvalue weighted by atomic mass is 16.5. The van der Waals surface area contributed by atoms with Crippen LogP contribution in [0.2, 0.25) is 0 Å². The molecule has 3 aromatic rings. The third-order valence-electron chi connectivity index (χ3n) is 4.74. The minimum Gasteiger partial charge on any atom is -0.507 e. The number of nitrogens with one attached hydrogen (secondary N) is 2. The van der Waals surface area contributed by atoms with E-state index < -0.39 is 18.5 Å². The smallest absolute Gasteiger partial charge is 0.342 e. The van der Waals surface area contributed by atoms with E-state index in [0.717, 1.165) is 23.6 Å². The Bertz CT molecular complexity index is 1140. The van der Waals surface area contributed by atoms with Crippen LogP contribution in [-0.2, 0) is 9.53 Å². The molecule has 4 rings (SSSR count). The number of phenolic OH excluding ortho intramolecular Hbond substituents is 1. The Morgan fingerprint density at radius 1 is 0.967 bits per heavy atom. The zero-order chi connectivity index (χ0) is 21.1. The highest BCUT2D eigenvalue weighted by molar-refractivity contribution is 6.01. The maximum absolute atomic E-state index is 12.3. The lowest BCUT2D eigenvalue weighted by atomic mass is 10.1. The van der Waals surface area contributed by atoms with Gasteiger partial charge in [-0.25, -0.2) is 4.79 Å². The van der Waals surface area contributed by atoms with Gasteiger partial charge in [-0.2, -0.15) is 0 Å². The summed E-state index contributed by atoms with van der Waals surface area (Å²) in [6.07, 6.45) is 1.97. The van der Waals surface area contributed by atoms with Gasteiger partial charge in [0.1, 0.15) is 11.3 Å². The van der Waals surface area contributed by atoms with Crippen molar-refractivity contribution in [1.82, 2.24) is 5.32 Å². The maximum atomic E-state index is 12.3. The zero-order valence-corrected chi connectivity index (χ0v) is 16.1. The number of amides is 2. The molecular weight excluding hydrogens is 384 g/mol. The first kappa shape index (κ1) is 19.4. The van der Waals surface area contributed by atoms with E-state index >= 15 is 0 Å². The lowest BCUT2D eigenvalue weighted by Gasteiger charge is -2.10. The molecule has 1 saturated carbocycles. The van der Waals surface area contributed by atoms with E-state index in [4.69, 9.17) is 4.74 Å². The molecule has 7 nitrogen and oxygen atoms in total. The van der Waals surface area contributed by atoms with Crippen molar-refractivity contribution in [3.05, 3.63) is 71.8 Å². The van der Waals surface area contributed by atoms with Crippen molar-refractivity contribution in [2.45, 2.75) is 18.9 Å². The number of benzene rings is 3. The van der Waals surface area contributed by atoms with Gasteiger partial charge in [-0.05, 0) is 53.9 Å². The molecule has 0 spiro atoms. The fourth-order valence-electron chi connectivity index (χ4n) is 3.03. The quantitative estimate of drug-likeness (QED) is 0.547. The Morgan fingerprint density at radius 3 is 2.43 bits per heavy atom. The van der Waals surface area contributed by atoms with E-state index in [2.05, 4.69) is 10.6 Å². The Hall–Kier alpha value is -3.87. The molecule has 1 fully saturated rings. The fourth-order valence-corrected chi connectivity index (χ4v) is 3.03. The average molecular weight is 404 g/mol. The van der Waals surface area contributed by atoms with Crippen LogP contribution in [-0.4, -0.2) is 35.5 Å². The van der Waals surface area contributed by atoms with E-state index in [9.17, 15) is 19.5 Å². The van der Waals surface area contributed by atoms with Crippen molar-refractivity contribution < 1.29 is 24.2 Å². The Kier molecular flexibility index (Phi) is 5.34. The summed E-state index contributed by atoms with van der Waals surface area (Å²) >= 11 is 0. The molecule has 2 amide bonds. The largest absolute Gasteiger partial charge is 0.507 e. The molecule has 1 aliphatic rings. The first-order chi connectivity index (χ1) is 14.5. The fraction of sp³-hybridized carbons (Fsp3) is 0.174. The lowest BCUT2D eigenvalue weighted by molar-refractivity contribution is -0.119. The summed E-state index contributed by atoms with van der Waals surface area (Å²) in [5, 5.41) is 17.1. The van der Waals surface area contributed by atoms with Crippen molar-refractivity contribution in [2.24, 2.45) is 0 Å². The molecular formula is C23H20N2O5. The molecule has 3 N–H and O–H groups in total. The molecule has 0 aliphatic heterocycles. The van der Waals surface area contributed by atoms with Crippen LogP contribution in [0.4, 0.5) is 5.69 Å². The average Bonchev–Trinajstić information content (AvgIpc) is 3.55. The molecule has 0 atom stereocenters. The van der Waals surface area contributed by atoms with E-state index in [-0.39, 0.29) is 23.3 Å². The molecule has 30 heavy (non-hydrogen) atoms. The van der Waals surface area contributed by atoms with Crippen LogP contribution < -0.4 is 10.6 Å². The molecule has 152 valence electrons. The summed E-state index contributed by atoms with van der Waals surface area (Å²) in [5.41, 5.74) is 0.853. The third kappa shape index (κ3) is 4.57. The predicted molar refractivity (Wildman–Crippen MR) is 111 cm³/mol. The van der Waals surface area contributed by atoms with Crippen molar-refractivity contribution in [3.8, 4) is 5.75 Å². The van der Waals surface area contributed by atoms with Crippen molar-refractivity contribution in [1.29, 1.82) is 0 Å². The van der Waals surface area contributed by atoms with E-state index in [1.54, 1.807) is 24.3 Å². The molecule has 7 heteroatoms. The standard InChI is InChI=1S/C23H20N2O5/c26-20-12-15-5-2-1-4-14(15)11-19(20)23(29)30-13-21(27)24-18-7-3-6-16(10-18)22(28)25-17-8-9-17/h1-7,10-12,17,26H,8-9,13H2,(H,24,27)(H,25,28). The Balaban J connectivity index is 1.36. The van der Waals surface area contributed by atoms with Gasteiger partial charge in [0.25, 0.3) is 11.8 Å². The number of aromatic hydroxyl groups is 1. The van der Waals surface area contributed by atoms with E-state index in [1.165, 1.54) is 12.1 Å². The van der Waals surface area contributed by atoms with Gasteiger partial charge < -0.3 is 20.5 Å². The number of esters is 1. The molecule has 0 saturated heterocycles. The molecule has 0 heterocycles. The number of rotatable bonds is 6. The topological polar surface area (TPSA) is 105 Å². The van der Waals surface area contributed by atoms with E-state index in [0.29, 0.717) is 11.3 Å². The third-order valence-corrected chi connectivity index (χ3v) is 4.74. The van der Waals surface area contributed by atoms with Crippen LogP contribution in [0.15, 0.2) is 60.7 Å². The summed E-state index contributed by atoms with van der Waals surface area (Å²) in [6, 6.07) is 17.0. The summed E-state index contributed by atoms with van der Waals surface area (Å²) in [7, 11) is 0. The minimum absolute atomic E-state index is 0.0137. The number of phenols is 1. The zero-order valence-electron chi connectivity index (χ0n) is 16.1. The number of fused-ring (bicyclic) bond motifs is 1. The number of anilines is 1. The SMILES string of the molecule is O=C(COC(=O)c1cc2ccccc2cc1O)Nc1cccc(C(=O)NC2CC2)c1. The predicted octanol–water partition coefficient (Wildman–Crippen LogP) is 3.23. The summed E-state index contributed by atoms with van der Waals surface area (Å²) in [5.74, 6) is -1.75. The van der Waals surface area contributed by atoms with Crippen LogP contribution in [0, 0.1) is 0 Å². The first-order valence-corrected chi connectivity index (χ1v) is 9.59. The normalized spacial score (nSPS) is 12.9. The second-order valence-electron chi connectivity index (χ2n) is 7.17. The van der Waals surface area contributed by atoms with Crippen LogP contribution in [0.25, 0.3) is 10.8 Å². The van der Waals surface area contributed by atoms with Crippen LogP contribution >= 0.6 is 0 Å². The lowest BCUT2D eigenvalue weighted by Crippen LogP contribution is -2.25. The highest BCUT2D eigenvalue weighted by Gasteiger charge is 2.24. The molecule has 0 radical (unpaired) electrons. The van der Waals surface area contributed by atoms with Crippen molar-refractivity contribution >= 4 is 34.2 Å². The van der Waals surface area contributed by atoms with Gasteiger partial charge in [0, 0.05) is 17.3 Å². The summed E-state index contributed by atoms with van der Waals surface area (Å²) in [4.78, 5) is 36.6. The summed E-state index contributed by atoms with van der Waals surface area (Å²) in [6.45, 7) is -0.524. The second-order valence-corrected chi connectivity index (χ2v) is 7.17. The number of carbonyl (C=O) groups excluding carboxylic acids is 3. The maximum Gasteiger partial charge on any atom is 0.342 e. The van der Waals surface area contributed by atoms with Crippen molar-refractivity contribution in [3.63, 3.8) is 0 Å². The van der Waals surface area contributed by atoms with Gasteiger partial charge in [-0.3, -0.25) is 9.59 Å². The molecule has 3 aromatic carbocycles. The van der Waals surface area contributed by atoms with Gasteiger partial charge >= 0.3 is 5.97 Å². The van der Waals surface area contributed by atoms with Crippen molar-refractivity contribution in [2.75, 3.05) is 11.9 Å². The monoisotopic (exact) mass is 404 g/mol. The Morgan fingerprint density at radius 2 is 1.70 bits per heavy atom. The number of carbonyl (C=O) groups is 3. The number of ether oxygens (including phenoxy) is 1. The summed E-state index contributed by atoms with van der Waals surface area (Å²) < 4.78 is 5.04. The van der Waals surface area contributed by atoms with Crippen LogP contribution in [0.5, 0.6) is 5.75 Å². The van der Waals surface area contributed by atoms with Gasteiger partial charge in [0.15, 0.2) is 6.61 Å². The number of hydrogen-bond donors (Lipinski definition) is 3. The van der Waals surface area contributed by atoms with E-state index in [1.807, 2.05) is 24.3 Å². The van der Waals surface area contributed by atoms with Gasteiger partial charge in [-0.15, -0.1) is 0 Å². The molecule has 1 aliphatic carbocycles. The molecule has 0 aromatic heterocycles. The van der Waals surface area contributed by atoms with Gasteiger partial charge in [-0.1, -0.05) is 30.3 Å². The molecule has 0 unspecified atom stereocenters. The second kappa shape index (κ2) is 8.24. The van der Waals surface area contributed by atoms with Crippen LogP contribution in [0.3, 0.4) is 0 Å². The number of hydrogen-bond acceptors (Lipinski definition) is 5. The molecule has 0 bridgehead atoms. The Labute approximate surface area is 172 Å². The highest BCUT2D eigenvalue weighted by Crippen LogP contribution is 2.25.